The number of amides is 1. The van der Waals surface area contributed by atoms with Gasteiger partial charge in [-0.3, -0.25) is 9.78 Å². The van der Waals surface area contributed by atoms with Crippen LogP contribution in [-0.4, -0.2) is 33.5 Å². The molecule has 0 radical (unpaired) electrons. The van der Waals surface area contributed by atoms with Gasteiger partial charge in [0.2, 0.25) is 0 Å². The summed E-state index contributed by atoms with van der Waals surface area (Å²) in [5.74, 6) is 0.137. The maximum Gasteiger partial charge on any atom is 0.254 e. The molecule has 1 unspecified atom stereocenters. The Labute approximate surface area is 148 Å². The molecule has 2 heterocycles. The topological polar surface area (TPSA) is 53.4 Å². The monoisotopic (exact) mass is 336 g/mol. The summed E-state index contributed by atoms with van der Waals surface area (Å²) >= 11 is 0. The molecule has 130 valence electrons. The van der Waals surface area contributed by atoms with Crippen molar-refractivity contribution >= 4 is 5.91 Å². The molecule has 1 aliphatic heterocycles. The summed E-state index contributed by atoms with van der Waals surface area (Å²) < 4.78 is 0. The lowest BCUT2D eigenvalue weighted by Gasteiger charge is -2.52. The van der Waals surface area contributed by atoms with Gasteiger partial charge in [-0.2, -0.15) is 0 Å². The summed E-state index contributed by atoms with van der Waals surface area (Å²) in [6.45, 7) is 0.571. The molecule has 4 nitrogen and oxygen atoms in total. The van der Waals surface area contributed by atoms with Gasteiger partial charge in [-0.25, -0.2) is 0 Å². The van der Waals surface area contributed by atoms with Crippen LogP contribution in [0.5, 0.6) is 0 Å². The number of pyridine rings is 1. The Hall–Kier alpha value is -2.20. The predicted octanol–water partition coefficient (Wildman–Crippen LogP) is 3.37. The molecule has 1 saturated heterocycles. The number of carbonyl (C=O) groups excluding carboxylic acids is 1. The van der Waals surface area contributed by atoms with E-state index >= 15 is 0 Å². The van der Waals surface area contributed by atoms with E-state index in [-0.39, 0.29) is 17.9 Å². The van der Waals surface area contributed by atoms with Crippen LogP contribution >= 0.6 is 0 Å². The van der Waals surface area contributed by atoms with Crippen LogP contribution in [0, 0.1) is 5.92 Å². The zero-order valence-electron chi connectivity index (χ0n) is 14.3. The van der Waals surface area contributed by atoms with Crippen molar-refractivity contribution in [3.63, 3.8) is 0 Å². The molecule has 1 N–H and O–H groups in total. The van der Waals surface area contributed by atoms with Crippen molar-refractivity contribution < 1.29 is 9.90 Å². The Morgan fingerprint density at radius 2 is 1.84 bits per heavy atom. The molecule has 0 spiro atoms. The fourth-order valence-corrected chi connectivity index (χ4v) is 4.62. The first kappa shape index (κ1) is 16.3. The second-order valence-corrected chi connectivity index (χ2v) is 7.21. The molecule has 1 aromatic carbocycles. The highest BCUT2D eigenvalue weighted by molar-refractivity contribution is 5.94. The van der Waals surface area contributed by atoms with Crippen molar-refractivity contribution in [1.82, 2.24) is 9.88 Å². The molecule has 3 atom stereocenters. The predicted molar refractivity (Wildman–Crippen MR) is 96.0 cm³/mol. The average molecular weight is 336 g/mol. The van der Waals surface area contributed by atoms with Crippen LogP contribution in [0.15, 0.2) is 54.7 Å². The van der Waals surface area contributed by atoms with Gasteiger partial charge >= 0.3 is 0 Å². The van der Waals surface area contributed by atoms with Crippen molar-refractivity contribution in [3.8, 4) is 0 Å². The van der Waals surface area contributed by atoms with E-state index in [9.17, 15) is 9.90 Å². The smallest absolute Gasteiger partial charge is 0.254 e. The van der Waals surface area contributed by atoms with E-state index in [2.05, 4.69) is 4.98 Å². The third-order valence-corrected chi connectivity index (χ3v) is 5.87. The minimum Gasteiger partial charge on any atom is -0.383 e. The summed E-state index contributed by atoms with van der Waals surface area (Å²) in [4.78, 5) is 19.5. The molecule has 2 aromatic rings. The molecular weight excluding hydrogens is 312 g/mol. The summed E-state index contributed by atoms with van der Waals surface area (Å²) in [7, 11) is 0. The molecule has 2 aliphatic rings. The molecule has 1 aliphatic carbocycles. The number of hydrogen-bond donors (Lipinski definition) is 1. The number of hydrogen-bond acceptors (Lipinski definition) is 3. The van der Waals surface area contributed by atoms with Crippen LogP contribution in [0.2, 0.25) is 0 Å². The van der Waals surface area contributed by atoms with E-state index in [0.29, 0.717) is 13.0 Å². The molecular formula is C21H24N2O2. The van der Waals surface area contributed by atoms with E-state index < -0.39 is 5.60 Å². The fraction of sp³-hybridized carbons (Fsp3) is 0.429. The molecule has 4 rings (SSSR count). The molecule has 1 saturated carbocycles. The first-order valence-electron chi connectivity index (χ1n) is 9.20. The number of nitrogens with zero attached hydrogens (tertiary/aromatic N) is 2. The molecule has 1 aromatic heterocycles. The largest absolute Gasteiger partial charge is 0.383 e. The van der Waals surface area contributed by atoms with Crippen LogP contribution in [0.3, 0.4) is 0 Å². The van der Waals surface area contributed by atoms with Crippen molar-refractivity contribution in [2.45, 2.75) is 43.7 Å². The summed E-state index contributed by atoms with van der Waals surface area (Å²) in [6.07, 6.45) is 6.40. The number of rotatable bonds is 2. The summed E-state index contributed by atoms with van der Waals surface area (Å²) in [6, 6.07) is 15.3. The summed E-state index contributed by atoms with van der Waals surface area (Å²) in [5.41, 5.74) is 0.550. The fourth-order valence-electron chi connectivity index (χ4n) is 4.62. The van der Waals surface area contributed by atoms with E-state index in [1.807, 2.05) is 53.4 Å². The van der Waals surface area contributed by atoms with Gasteiger partial charge in [0.15, 0.2) is 0 Å². The second kappa shape index (κ2) is 6.60. The molecule has 4 heteroatoms. The molecule has 0 bridgehead atoms. The number of carbonyl (C=O) groups is 1. The maximum absolute atomic E-state index is 13.0. The highest BCUT2D eigenvalue weighted by atomic mass is 16.3. The van der Waals surface area contributed by atoms with Crippen LogP contribution in [-0.2, 0) is 5.60 Å². The molecule has 1 amide bonds. The minimum absolute atomic E-state index is 0.0533. The zero-order chi connectivity index (χ0) is 17.3. The van der Waals surface area contributed by atoms with Gasteiger partial charge in [-0.05, 0) is 43.5 Å². The minimum atomic E-state index is -0.931. The number of likely N-dealkylation sites (tertiary alicyclic amines) is 1. The molecule has 25 heavy (non-hydrogen) atoms. The zero-order valence-corrected chi connectivity index (χ0v) is 14.3. The Kier molecular flexibility index (Phi) is 4.30. The quantitative estimate of drug-likeness (QED) is 0.915. The van der Waals surface area contributed by atoms with Crippen LogP contribution in [0.1, 0.15) is 48.2 Å². The van der Waals surface area contributed by atoms with Gasteiger partial charge in [-0.15, -0.1) is 0 Å². The van der Waals surface area contributed by atoms with Gasteiger partial charge in [0.05, 0.1) is 5.69 Å². The van der Waals surface area contributed by atoms with E-state index in [0.717, 1.165) is 36.9 Å². The maximum atomic E-state index is 13.0. The van der Waals surface area contributed by atoms with Gasteiger partial charge in [0.25, 0.3) is 5.91 Å². The molecule has 2 fully saturated rings. The van der Waals surface area contributed by atoms with Gasteiger partial charge in [0.1, 0.15) is 5.60 Å². The lowest BCUT2D eigenvalue weighted by Crippen LogP contribution is -2.59. The Morgan fingerprint density at radius 1 is 1.08 bits per heavy atom. The SMILES string of the molecule is O=C(c1ccccc1)N1CCC(O)(c2ccccn2)[C@H]2CCCC[C@@H]21. The van der Waals surface area contributed by atoms with Crippen molar-refractivity contribution in [2.75, 3.05) is 6.54 Å². The van der Waals surface area contributed by atoms with Crippen molar-refractivity contribution in [1.29, 1.82) is 0 Å². The van der Waals surface area contributed by atoms with E-state index in [1.54, 1.807) is 6.20 Å². The van der Waals surface area contributed by atoms with Gasteiger partial charge < -0.3 is 10.0 Å². The lowest BCUT2D eigenvalue weighted by atomic mass is 9.67. The Morgan fingerprint density at radius 3 is 2.60 bits per heavy atom. The van der Waals surface area contributed by atoms with E-state index in [4.69, 9.17) is 0 Å². The lowest BCUT2D eigenvalue weighted by molar-refractivity contribution is -0.113. The second-order valence-electron chi connectivity index (χ2n) is 7.21. The highest BCUT2D eigenvalue weighted by Crippen LogP contribution is 2.46. The van der Waals surface area contributed by atoms with Crippen molar-refractivity contribution in [3.05, 3.63) is 66.0 Å². The first-order valence-corrected chi connectivity index (χ1v) is 9.20. The van der Waals surface area contributed by atoms with Gasteiger partial charge in [-0.1, -0.05) is 37.1 Å². The number of fused-ring (bicyclic) bond motifs is 1. The van der Waals surface area contributed by atoms with Gasteiger partial charge in [0, 0.05) is 30.3 Å². The normalized spacial score (nSPS) is 29.1. The van der Waals surface area contributed by atoms with Crippen LogP contribution < -0.4 is 0 Å². The standard InChI is InChI=1S/C21H24N2O2/c24-20(16-8-2-1-3-9-16)23-15-13-21(25,19-12-6-7-14-22-19)17-10-4-5-11-18(17)23/h1-3,6-9,12,14,17-18,25H,4-5,10-11,13,15H2/t17-,18-,21?/m0/s1. The number of aromatic nitrogens is 1. The van der Waals surface area contributed by atoms with Crippen molar-refractivity contribution in [2.24, 2.45) is 5.92 Å². The van der Waals surface area contributed by atoms with E-state index in [1.165, 1.54) is 0 Å². The average Bonchev–Trinajstić information content (AvgIpc) is 2.69. The third-order valence-electron chi connectivity index (χ3n) is 5.87. The first-order chi connectivity index (χ1) is 12.2. The number of piperidine rings is 1. The Balaban J connectivity index is 1.66. The third kappa shape index (κ3) is 2.85. The Bertz CT molecular complexity index is 734. The number of benzene rings is 1. The van der Waals surface area contributed by atoms with Crippen LogP contribution in [0.4, 0.5) is 0 Å². The highest BCUT2D eigenvalue weighted by Gasteiger charge is 2.51. The van der Waals surface area contributed by atoms with Crippen LogP contribution in [0.25, 0.3) is 0 Å². The summed E-state index contributed by atoms with van der Waals surface area (Å²) in [5, 5.41) is 11.5. The number of aliphatic hydroxyl groups is 1.